The van der Waals surface area contributed by atoms with E-state index in [-0.39, 0.29) is 5.91 Å². The predicted molar refractivity (Wildman–Crippen MR) is 118 cm³/mol. The fourth-order valence-corrected chi connectivity index (χ4v) is 5.22. The standard InChI is InChI=1S/C21H26N4OS2/c1-6-8-24-9-7-22-20(24)27-12-18-13-28-21(23-18)25(17(5)26)19-15(3)10-14(2)11-16(19)4/h7,9-11,13H,6,8,12H2,1-5H3. The number of hydrogen-bond acceptors (Lipinski definition) is 5. The minimum absolute atomic E-state index is 0.0258. The smallest absolute Gasteiger partial charge is 0.230 e. The molecule has 2 aromatic heterocycles. The van der Waals surface area contributed by atoms with Crippen molar-refractivity contribution in [1.82, 2.24) is 14.5 Å². The average molecular weight is 415 g/mol. The Labute approximate surface area is 174 Å². The molecule has 0 N–H and O–H groups in total. The molecular weight excluding hydrogens is 388 g/mol. The van der Waals surface area contributed by atoms with Gasteiger partial charge in [0.15, 0.2) is 10.3 Å². The van der Waals surface area contributed by atoms with E-state index in [1.54, 1.807) is 23.6 Å². The van der Waals surface area contributed by atoms with Crippen molar-refractivity contribution in [2.24, 2.45) is 0 Å². The first kappa shape index (κ1) is 20.6. The first-order valence-corrected chi connectivity index (χ1v) is 11.2. The quantitative estimate of drug-likeness (QED) is 0.469. The number of benzene rings is 1. The van der Waals surface area contributed by atoms with Gasteiger partial charge in [0.2, 0.25) is 5.91 Å². The fourth-order valence-electron chi connectivity index (χ4n) is 3.36. The molecule has 0 saturated heterocycles. The number of thiazole rings is 1. The number of hydrogen-bond donors (Lipinski definition) is 0. The molecule has 0 saturated carbocycles. The number of amides is 1. The molecule has 0 bridgehead atoms. The van der Waals surface area contributed by atoms with Crippen LogP contribution in [0.1, 0.15) is 42.7 Å². The second-order valence-corrected chi connectivity index (χ2v) is 8.69. The van der Waals surface area contributed by atoms with Gasteiger partial charge in [-0.2, -0.15) is 0 Å². The lowest BCUT2D eigenvalue weighted by Crippen LogP contribution is -2.24. The Bertz CT molecular complexity index is 953. The van der Waals surface area contributed by atoms with Crippen molar-refractivity contribution < 1.29 is 4.79 Å². The molecule has 0 spiro atoms. The molecule has 3 aromatic rings. The Balaban J connectivity index is 1.82. The third kappa shape index (κ3) is 4.47. The second-order valence-electron chi connectivity index (χ2n) is 6.92. The number of carbonyl (C=O) groups is 1. The van der Waals surface area contributed by atoms with Gasteiger partial charge in [0.25, 0.3) is 0 Å². The fraction of sp³-hybridized carbons (Fsp3) is 0.381. The molecule has 2 heterocycles. The summed E-state index contributed by atoms with van der Waals surface area (Å²) in [6.07, 6.45) is 4.93. The SMILES string of the molecule is CCCn1ccnc1SCc1csc(N(C(C)=O)c2c(C)cc(C)cc2C)n1. The number of aryl methyl sites for hydroxylation is 4. The van der Waals surface area contributed by atoms with Crippen molar-refractivity contribution >= 4 is 39.8 Å². The van der Waals surface area contributed by atoms with Gasteiger partial charge in [0.05, 0.1) is 11.4 Å². The number of nitrogens with zero attached hydrogens (tertiary/aromatic N) is 4. The molecule has 0 atom stereocenters. The van der Waals surface area contributed by atoms with Crippen LogP contribution < -0.4 is 4.90 Å². The molecule has 28 heavy (non-hydrogen) atoms. The van der Waals surface area contributed by atoms with Gasteiger partial charge in [-0.3, -0.25) is 9.69 Å². The highest BCUT2D eigenvalue weighted by Crippen LogP contribution is 2.35. The number of anilines is 2. The molecule has 0 aliphatic heterocycles. The lowest BCUT2D eigenvalue weighted by atomic mass is 10.0. The zero-order valence-electron chi connectivity index (χ0n) is 17.0. The lowest BCUT2D eigenvalue weighted by molar-refractivity contribution is -0.115. The van der Waals surface area contributed by atoms with Crippen LogP contribution in [0.3, 0.4) is 0 Å². The molecule has 148 valence electrons. The van der Waals surface area contributed by atoms with Gasteiger partial charge < -0.3 is 4.57 Å². The second kappa shape index (κ2) is 8.92. The van der Waals surface area contributed by atoms with Crippen molar-refractivity contribution in [2.45, 2.75) is 58.5 Å². The zero-order valence-corrected chi connectivity index (χ0v) is 18.7. The summed E-state index contributed by atoms with van der Waals surface area (Å²) in [4.78, 5) is 23.4. The third-order valence-corrected chi connectivity index (χ3v) is 6.31. The average Bonchev–Trinajstić information content (AvgIpc) is 3.25. The summed E-state index contributed by atoms with van der Waals surface area (Å²) >= 11 is 3.18. The molecule has 0 aliphatic carbocycles. The number of thioether (sulfide) groups is 1. The topological polar surface area (TPSA) is 51.0 Å². The highest BCUT2D eigenvalue weighted by atomic mass is 32.2. The van der Waals surface area contributed by atoms with Gasteiger partial charge in [0.1, 0.15) is 0 Å². The van der Waals surface area contributed by atoms with E-state index in [1.807, 2.05) is 31.6 Å². The zero-order chi connectivity index (χ0) is 20.3. The maximum atomic E-state index is 12.5. The molecule has 0 radical (unpaired) electrons. The van der Waals surface area contributed by atoms with Crippen LogP contribution in [0.5, 0.6) is 0 Å². The summed E-state index contributed by atoms with van der Waals surface area (Å²) in [5.41, 5.74) is 5.26. The van der Waals surface area contributed by atoms with Crippen molar-refractivity contribution in [3.8, 4) is 0 Å². The number of imidazole rings is 1. The van der Waals surface area contributed by atoms with E-state index >= 15 is 0 Å². The summed E-state index contributed by atoms with van der Waals surface area (Å²) in [7, 11) is 0. The molecular formula is C21H26N4OS2. The minimum Gasteiger partial charge on any atom is -0.326 e. The van der Waals surface area contributed by atoms with Crippen molar-refractivity contribution in [3.63, 3.8) is 0 Å². The Morgan fingerprint density at radius 3 is 2.61 bits per heavy atom. The summed E-state index contributed by atoms with van der Waals surface area (Å²) in [6, 6.07) is 4.21. The largest absolute Gasteiger partial charge is 0.326 e. The van der Waals surface area contributed by atoms with E-state index in [0.29, 0.717) is 0 Å². The maximum absolute atomic E-state index is 12.5. The summed E-state index contributed by atoms with van der Waals surface area (Å²) in [5.74, 6) is 0.705. The van der Waals surface area contributed by atoms with Gasteiger partial charge in [0, 0.05) is 37.0 Å². The van der Waals surface area contributed by atoms with E-state index < -0.39 is 0 Å². The van der Waals surface area contributed by atoms with Crippen molar-refractivity contribution in [1.29, 1.82) is 0 Å². The lowest BCUT2D eigenvalue weighted by Gasteiger charge is -2.23. The van der Waals surface area contributed by atoms with Crippen LogP contribution in [0.2, 0.25) is 0 Å². The monoisotopic (exact) mass is 414 g/mol. The van der Waals surface area contributed by atoms with Gasteiger partial charge in [-0.1, -0.05) is 36.4 Å². The normalized spacial score (nSPS) is 11.0. The summed E-state index contributed by atoms with van der Waals surface area (Å²) in [6.45, 7) is 10.9. The van der Waals surface area contributed by atoms with Crippen LogP contribution in [0.25, 0.3) is 0 Å². The van der Waals surface area contributed by atoms with Crippen LogP contribution in [0.15, 0.2) is 35.1 Å². The summed E-state index contributed by atoms with van der Waals surface area (Å²) in [5, 5.41) is 3.75. The molecule has 0 unspecified atom stereocenters. The van der Waals surface area contributed by atoms with Gasteiger partial charge in [-0.05, 0) is 38.3 Å². The Hall–Kier alpha value is -2.12. The van der Waals surface area contributed by atoms with Crippen molar-refractivity contribution in [2.75, 3.05) is 4.90 Å². The van der Waals surface area contributed by atoms with E-state index in [2.05, 4.69) is 35.5 Å². The predicted octanol–water partition coefficient (Wildman–Crippen LogP) is 5.65. The van der Waals surface area contributed by atoms with Gasteiger partial charge >= 0.3 is 0 Å². The van der Waals surface area contributed by atoms with E-state index in [1.165, 1.54) is 16.9 Å². The Morgan fingerprint density at radius 2 is 1.96 bits per heavy atom. The number of carbonyl (C=O) groups excluding carboxylic acids is 1. The highest BCUT2D eigenvalue weighted by Gasteiger charge is 2.22. The van der Waals surface area contributed by atoms with Crippen LogP contribution in [0, 0.1) is 20.8 Å². The Kier molecular flexibility index (Phi) is 6.57. The van der Waals surface area contributed by atoms with E-state index in [0.717, 1.165) is 51.5 Å². The summed E-state index contributed by atoms with van der Waals surface area (Å²) < 4.78 is 2.17. The molecule has 7 heteroatoms. The van der Waals surface area contributed by atoms with E-state index in [4.69, 9.17) is 4.98 Å². The molecule has 3 rings (SSSR count). The highest BCUT2D eigenvalue weighted by molar-refractivity contribution is 7.98. The molecule has 0 aliphatic rings. The van der Waals surface area contributed by atoms with Crippen LogP contribution in [-0.4, -0.2) is 20.4 Å². The third-order valence-electron chi connectivity index (χ3n) is 4.40. The first-order chi connectivity index (χ1) is 13.4. The van der Waals surface area contributed by atoms with Crippen LogP contribution in [0.4, 0.5) is 10.8 Å². The van der Waals surface area contributed by atoms with E-state index in [9.17, 15) is 4.79 Å². The van der Waals surface area contributed by atoms with Gasteiger partial charge in [-0.15, -0.1) is 11.3 Å². The number of aromatic nitrogens is 3. The molecule has 1 aromatic carbocycles. The maximum Gasteiger partial charge on any atom is 0.230 e. The van der Waals surface area contributed by atoms with Crippen LogP contribution >= 0.6 is 23.1 Å². The van der Waals surface area contributed by atoms with Crippen LogP contribution in [-0.2, 0) is 17.1 Å². The molecule has 1 amide bonds. The van der Waals surface area contributed by atoms with Gasteiger partial charge in [-0.25, -0.2) is 9.97 Å². The first-order valence-electron chi connectivity index (χ1n) is 9.37. The molecule has 0 fully saturated rings. The number of rotatable bonds is 7. The Morgan fingerprint density at radius 1 is 1.25 bits per heavy atom. The minimum atomic E-state index is -0.0258. The van der Waals surface area contributed by atoms with Crippen molar-refractivity contribution in [3.05, 3.63) is 52.3 Å². The molecule has 5 nitrogen and oxygen atoms in total.